The molecule has 2 rings (SSSR count). The minimum absolute atomic E-state index is 0.0177. The molecule has 0 radical (unpaired) electrons. The summed E-state index contributed by atoms with van der Waals surface area (Å²) in [5.74, 6) is -0.0625. The highest BCUT2D eigenvalue weighted by atomic mass is 32.1. The maximum Gasteiger partial charge on any atom is 0.249 e. The lowest BCUT2D eigenvalue weighted by molar-refractivity contribution is -0.153. The lowest BCUT2D eigenvalue weighted by atomic mass is 9.88. The number of carbonyl (C=O) groups excluding carboxylic acids is 2. The van der Waals surface area contributed by atoms with Crippen LogP contribution in [0.4, 0.5) is 0 Å². The highest BCUT2D eigenvalue weighted by molar-refractivity contribution is 7.09. The molecule has 0 spiro atoms. The molecule has 0 bridgehead atoms. The number of amides is 2. The lowest BCUT2D eigenvalue weighted by Gasteiger charge is -2.43. The second kappa shape index (κ2) is 5.91. The molecule has 1 aliphatic heterocycles. The quantitative estimate of drug-likeness (QED) is 0.905. The van der Waals surface area contributed by atoms with Gasteiger partial charge in [0.1, 0.15) is 17.1 Å². The molecule has 1 saturated heterocycles. The van der Waals surface area contributed by atoms with Crippen LogP contribution in [-0.2, 0) is 9.59 Å². The molecule has 2 amide bonds. The zero-order chi connectivity index (χ0) is 14.8. The van der Waals surface area contributed by atoms with Crippen molar-refractivity contribution in [1.82, 2.24) is 15.2 Å². The molecule has 1 atom stereocenters. The number of hydrogen-bond donors (Lipinski definition) is 1. The van der Waals surface area contributed by atoms with Crippen molar-refractivity contribution in [3.63, 3.8) is 0 Å². The van der Waals surface area contributed by atoms with Crippen LogP contribution in [0.3, 0.4) is 0 Å². The average Bonchev–Trinajstić information content (AvgIpc) is 2.97. The number of rotatable bonds is 5. The molecule has 1 aromatic heterocycles. The largest absolute Gasteiger partial charge is 0.340 e. The highest BCUT2D eigenvalue weighted by Gasteiger charge is 2.46. The lowest BCUT2D eigenvalue weighted by Crippen LogP contribution is -2.66. The van der Waals surface area contributed by atoms with Crippen LogP contribution in [0, 0.1) is 0 Å². The van der Waals surface area contributed by atoms with E-state index in [4.69, 9.17) is 0 Å². The van der Waals surface area contributed by atoms with Gasteiger partial charge in [-0.05, 0) is 19.3 Å². The molecule has 20 heavy (non-hydrogen) atoms. The van der Waals surface area contributed by atoms with E-state index in [9.17, 15) is 9.59 Å². The first kappa shape index (κ1) is 15.0. The number of nitrogens with zero attached hydrogens (tertiary/aromatic N) is 2. The van der Waals surface area contributed by atoms with Crippen LogP contribution in [0.15, 0.2) is 11.6 Å². The molecule has 1 aromatic rings. The van der Waals surface area contributed by atoms with Crippen molar-refractivity contribution in [2.75, 3.05) is 6.54 Å². The second-order valence-electron chi connectivity index (χ2n) is 5.06. The summed E-state index contributed by atoms with van der Waals surface area (Å²) in [6.45, 7) is 6.02. The van der Waals surface area contributed by atoms with E-state index in [1.165, 1.54) is 11.3 Å². The molecule has 1 unspecified atom stereocenters. The van der Waals surface area contributed by atoms with Crippen molar-refractivity contribution in [2.45, 2.75) is 51.6 Å². The third-order valence-corrected chi connectivity index (χ3v) is 4.95. The topological polar surface area (TPSA) is 62.3 Å². The molecule has 110 valence electrons. The zero-order valence-electron chi connectivity index (χ0n) is 12.2. The van der Waals surface area contributed by atoms with Crippen LogP contribution in [0.1, 0.15) is 51.1 Å². The highest BCUT2D eigenvalue weighted by Crippen LogP contribution is 2.32. The Kier molecular flexibility index (Phi) is 4.42. The van der Waals surface area contributed by atoms with E-state index in [2.05, 4.69) is 10.3 Å². The Balaban J connectivity index is 2.34. The Hall–Kier alpha value is -1.43. The fourth-order valence-corrected chi connectivity index (χ4v) is 3.60. The van der Waals surface area contributed by atoms with Gasteiger partial charge in [0.2, 0.25) is 11.8 Å². The summed E-state index contributed by atoms with van der Waals surface area (Å²) in [4.78, 5) is 30.9. The van der Waals surface area contributed by atoms with Gasteiger partial charge in [0.25, 0.3) is 0 Å². The standard InChI is InChI=1S/C14H21N3O2S/c1-4-10(12-15-7-8-20-12)17-9-11(18)16-14(5-2,6-3)13(17)19/h7-8,10H,4-6,9H2,1-3H3,(H,16,18). The van der Waals surface area contributed by atoms with Gasteiger partial charge in [0.05, 0.1) is 6.04 Å². The fraction of sp³-hybridized carbons (Fsp3) is 0.643. The molecular weight excluding hydrogens is 274 g/mol. The Labute approximate surface area is 123 Å². The van der Waals surface area contributed by atoms with Crippen LogP contribution >= 0.6 is 11.3 Å². The molecule has 5 nitrogen and oxygen atoms in total. The van der Waals surface area contributed by atoms with Gasteiger partial charge in [-0.1, -0.05) is 20.8 Å². The third-order valence-electron chi connectivity index (χ3n) is 4.07. The van der Waals surface area contributed by atoms with E-state index in [1.54, 1.807) is 11.1 Å². The van der Waals surface area contributed by atoms with E-state index >= 15 is 0 Å². The first-order valence-electron chi connectivity index (χ1n) is 7.09. The van der Waals surface area contributed by atoms with Gasteiger partial charge < -0.3 is 10.2 Å². The van der Waals surface area contributed by atoms with E-state index in [1.807, 2.05) is 26.2 Å². The van der Waals surface area contributed by atoms with Crippen molar-refractivity contribution >= 4 is 23.2 Å². The molecule has 2 heterocycles. The van der Waals surface area contributed by atoms with Gasteiger partial charge in [0.15, 0.2) is 0 Å². The van der Waals surface area contributed by atoms with Gasteiger partial charge >= 0.3 is 0 Å². The molecule has 0 aromatic carbocycles. The number of nitrogens with one attached hydrogen (secondary N) is 1. The molecular formula is C14H21N3O2S. The van der Waals surface area contributed by atoms with Crippen molar-refractivity contribution in [3.8, 4) is 0 Å². The minimum atomic E-state index is -0.750. The van der Waals surface area contributed by atoms with E-state index < -0.39 is 5.54 Å². The van der Waals surface area contributed by atoms with Crippen molar-refractivity contribution in [3.05, 3.63) is 16.6 Å². The van der Waals surface area contributed by atoms with Gasteiger partial charge in [0, 0.05) is 11.6 Å². The summed E-state index contributed by atoms with van der Waals surface area (Å²) < 4.78 is 0. The van der Waals surface area contributed by atoms with Crippen molar-refractivity contribution in [2.24, 2.45) is 0 Å². The average molecular weight is 295 g/mol. The number of carbonyl (C=O) groups is 2. The van der Waals surface area contributed by atoms with Gasteiger partial charge in [-0.15, -0.1) is 11.3 Å². The number of thiazole rings is 1. The zero-order valence-corrected chi connectivity index (χ0v) is 13.0. The Morgan fingerprint density at radius 1 is 1.40 bits per heavy atom. The number of hydrogen-bond acceptors (Lipinski definition) is 4. The van der Waals surface area contributed by atoms with Gasteiger partial charge in [-0.25, -0.2) is 4.98 Å². The monoisotopic (exact) mass is 295 g/mol. The summed E-state index contributed by atoms with van der Waals surface area (Å²) in [6.07, 6.45) is 3.72. The SMILES string of the molecule is CCC(c1nccs1)N1CC(=O)NC(CC)(CC)C1=O. The van der Waals surface area contributed by atoms with Crippen molar-refractivity contribution < 1.29 is 9.59 Å². The molecule has 1 N–H and O–H groups in total. The summed E-state index contributed by atoms with van der Waals surface area (Å²) in [5.41, 5.74) is -0.750. The first-order valence-corrected chi connectivity index (χ1v) is 7.97. The third kappa shape index (κ3) is 2.44. The minimum Gasteiger partial charge on any atom is -0.340 e. The van der Waals surface area contributed by atoms with Gasteiger partial charge in [-0.2, -0.15) is 0 Å². The summed E-state index contributed by atoms with van der Waals surface area (Å²) >= 11 is 1.53. The Morgan fingerprint density at radius 3 is 2.60 bits per heavy atom. The van der Waals surface area contributed by atoms with E-state index in [-0.39, 0.29) is 24.4 Å². The van der Waals surface area contributed by atoms with E-state index in [0.29, 0.717) is 12.8 Å². The molecule has 0 aliphatic carbocycles. The molecule has 6 heteroatoms. The molecule has 0 saturated carbocycles. The maximum atomic E-state index is 12.8. The maximum absolute atomic E-state index is 12.8. The fourth-order valence-electron chi connectivity index (χ4n) is 2.77. The van der Waals surface area contributed by atoms with Crippen LogP contribution in [0.5, 0.6) is 0 Å². The summed E-state index contributed by atoms with van der Waals surface area (Å²) in [6, 6.07) is -0.106. The smallest absolute Gasteiger partial charge is 0.249 e. The first-order chi connectivity index (χ1) is 9.57. The van der Waals surface area contributed by atoms with Crippen LogP contribution in [-0.4, -0.2) is 33.8 Å². The van der Waals surface area contributed by atoms with E-state index in [0.717, 1.165) is 11.4 Å². The van der Waals surface area contributed by atoms with Crippen molar-refractivity contribution in [1.29, 1.82) is 0 Å². The predicted octanol–water partition coefficient (Wildman–Crippen LogP) is 2.11. The van der Waals surface area contributed by atoms with Crippen LogP contribution in [0.2, 0.25) is 0 Å². The normalized spacial score (nSPS) is 19.9. The molecule has 1 fully saturated rings. The summed E-state index contributed by atoms with van der Waals surface area (Å²) in [5, 5.41) is 5.69. The number of piperazine rings is 1. The van der Waals surface area contributed by atoms with Crippen LogP contribution in [0.25, 0.3) is 0 Å². The van der Waals surface area contributed by atoms with Gasteiger partial charge in [-0.3, -0.25) is 9.59 Å². The number of aromatic nitrogens is 1. The Bertz CT molecular complexity index is 483. The Morgan fingerprint density at radius 2 is 2.10 bits per heavy atom. The predicted molar refractivity (Wildman–Crippen MR) is 78.3 cm³/mol. The summed E-state index contributed by atoms with van der Waals surface area (Å²) in [7, 11) is 0. The second-order valence-corrected chi connectivity index (χ2v) is 5.99. The van der Waals surface area contributed by atoms with Crippen LogP contribution < -0.4 is 5.32 Å². The molecule has 1 aliphatic rings.